The highest BCUT2D eigenvalue weighted by Crippen LogP contribution is 2.13. The van der Waals surface area contributed by atoms with E-state index in [1.54, 1.807) is 13.8 Å². The van der Waals surface area contributed by atoms with Gasteiger partial charge in [-0.25, -0.2) is 8.78 Å². The van der Waals surface area contributed by atoms with Gasteiger partial charge in [0.2, 0.25) is 5.91 Å². The normalized spacial score (nSPS) is 10.4. The minimum atomic E-state index is -0.966. The second-order valence-electron chi connectivity index (χ2n) is 3.27. The molecule has 0 spiro atoms. The summed E-state index contributed by atoms with van der Waals surface area (Å²) in [5.74, 6) is -2.31. The zero-order chi connectivity index (χ0) is 10.7. The van der Waals surface area contributed by atoms with E-state index in [4.69, 9.17) is 0 Å². The standard InChI is InChI=1S/C10H11F2NO/c1-6(2)10(14)13-7-3-4-8(11)9(12)5-7/h3-6H,1-2H3,(H,13,14). The number of nitrogens with one attached hydrogen (secondary N) is 1. The van der Waals surface area contributed by atoms with Gasteiger partial charge in [0.25, 0.3) is 0 Å². The number of rotatable bonds is 2. The molecule has 0 unspecified atom stereocenters. The van der Waals surface area contributed by atoms with Gasteiger partial charge in [-0.05, 0) is 12.1 Å². The molecule has 4 heteroatoms. The molecule has 1 amide bonds. The molecule has 0 bridgehead atoms. The lowest BCUT2D eigenvalue weighted by Gasteiger charge is -2.07. The lowest BCUT2D eigenvalue weighted by molar-refractivity contribution is -0.118. The maximum atomic E-state index is 12.7. The van der Waals surface area contributed by atoms with Crippen LogP contribution >= 0.6 is 0 Å². The Morgan fingerprint density at radius 2 is 1.93 bits per heavy atom. The van der Waals surface area contributed by atoms with Crippen LogP contribution in [0, 0.1) is 17.6 Å². The first kappa shape index (κ1) is 10.6. The summed E-state index contributed by atoms with van der Waals surface area (Å²) in [5, 5.41) is 2.46. The molecule has 76 valence electrons. The van der Waals surface area contributed by atoms with Crippen molar-refractivity contribution in [1.29, 1.82) is 0 Å². The Bertz CT molecular complexity index is 350. The van der Waals surface area contributed by atoms with Crippen LogP contribution in [0.5, 0.6) is 0 Å². The van der Waals surface area contributed by atoms with Crippen LogP contribution < -0.4 is 5.32 Å². The smallest absolute Gasteiger partial charge is 0.226 e. The van der Waals surface area contributed by atoms with E-state index < -0.39 is 11.6 Å². The summed E-state index contributed by atoms with van der Waals surface area (Å²) < 4.78 is 25.2. The monoisotopic (exact) mass is 199 g/mol. The molecule has 0 saturated heterocycles. The number of hydrogen-bond donors (Lipinski definition) is 1. The number of amides is 1. The summed E-state index contributed by atoms with van der Waals surface area (Å²) in [5.41, 5.74) is 0.266. The molecule has 14 heavy (non-hydrogen) atoms. The van der Waals surface area contributed by atoms with Gasteiger partial charge in [0.05, 0.1) is 0 Å². The highest BCUT2D eigenvalue weighted by molar-refractivity contribution is 5.91. The molecule has 1 rings (SSSR count). The number of benzene rings is 1. The largest absolute Gasteiger partial charge is 0.326 e. The number of hydrogen-bond acceptors (Lipinski definition) is 1. The summed E-state index contributed by atoms with van der Waals surface area (Å²) in [6, 6.07) is 3.25. The molecule has 1 aromatic carbocycles. The van der Waals surface area contributed by atoms with Crippen molar-refractivity contribution < 1.29 is 13.6 Å². The topological polar surface area (TPSA) is 29.1 Å². The SMILES string of the molecule is CC(C)C(=O)Nc1ccc(F)c(F)c1. The van der Waals surface area contributed by atoms with Crippen molar-refractivity contribution in [1.82, 2.24) is 0 Å². The summed E-state index contributed by atoms with van der Waals surface area (Å²) in [7, 11) is 0. The average molecular weight is 199 g/mol. The fourth-order valence-electron chi connectivity index (χ4n) is 0.860. The summed E-state index contributed by atoms with van der Waals surface area (Å²) >= 11 is 0. The molecule has 0 aliphatic carbocycles. The number of carbonyl (C=O) groups excluding carboxylic acids is 1. The quantitative estimate of drug-likeness (QED) is 0.779. The van der Waals surface area contributed by atoms with Gasteiger partial charge in [0.15, 0.2) is 11.6 Å². The molecule has 0 heterocycles. The molecule has 0 aliphatic rings. The van der Waals surface area contributed by atoms with Gasteiger partial charge in [-0.1, -0.05) is 13.8 Å². The lowest BCUT2D eigenvalue weighted by atomic mass is 10.2. The highest BCUT2D eigenvalue weighted by atomic mass is 19.2. The minimum absolute atomic E-state index is 0.192. The first-order chi connectivity index (χ1) is 6.50. The fraction of sp³-hybridized carbons (Fsp3) is 0.300. The molecular weight excluding hydrogens is 188 g/mol. The lowest BCUT2D eigenvalue weighted by Crippen LogP contribution is -2.17. The van der Waals surface area contributed by atoms with Gasteiger partial charge in [-0.3, -0.25) is 4.79 Å². The molecule has 1 N–H and O–H groups in total. The van der Waals surface area contributed by atoms with Crippen LogP contribution in [0.4, 0.5) is 14.5 Å². The Morgan fingerprint density at radius 3 is 2.43 bits per heavy atom. The highest BCUT2D eigenvalue weighted by Gasteiger charge is 2.08. The zero-order valence-corrected chi connectivity index (χ0v) is 7.97. The molecule has 0 aromatic heterocycles. The number of anilines is 1. The van der Waals surface area contributed by atoms with Gasteiger partial charge < -0.3 is 5.32 Å². The van der Waals surface area contributed by atoms with Gasteiger partial charge in [-0.2, -0.15) is 0 Å². The second-order valence-corrected chi connectivity index (χ2v) is 3.27. The molecule has 0 fully saturated rings. The van der Waals surface area contributed by atoms with Crippen molar-refractivity contribution in [3.63, 3.8) is 0 Å². The zero-order valence-electron chi connectivity index (χ0n) is 7.97. The second kappa shape index (κ2) is 4.17. The van der Waals surface area contributed by atoms with Crippen molar-refractivity contribution >= 4 is 11.6 Å². The van der Waals surface area contributed by atoms with Crippen molar-refractivity contribution in [2.45, 2.75) is 13.8 Å². The van der Waals surface area contributed by atoms with E-state index in [2.05, 4.69) is 5.32 Å². The molecule has 0 radical (unpaired) electrons. The first-order valence-electron chi connectivity index (χ1n) is 4.26. The van der Waals surface area contributed by atoms with Gasteiger partial charge in [-0.15, -0.1) is 0 Å². The van der Waals surface area contributed by atoms with E-state index in [9.17, 15) is 13.6 Å². The molecule has 0 saturated carbocycles. The number of halogens is 2. The van der Waals surface area contributed by atoms with Crippen LogP contribution in [0.2, 0.25) is 0 Å². The van der Waals surface area contributed by atoms with Crippen molar-refractivity contribution in [3.8, 4) is 0 Å². The predicted molar refractivity (Wildman–Crippen MR) is 49.8 cm³/mol. The molecule has 0 atom stereocenters. The van der Waals surface area contributed by atoms with Gasteiger partial charge >= 0.3 is 0 Å². The van der Waals surface area contributed by atoms with E-state index in [-0.39, 0.29) is 17.5 Å². The van der Waals surface area contributed by atoms with E-state index in [1.165, 1.54) is 6.07 Å². The summed E-state index contributed by atoms with van der Waals surface area (Å²) in [6.45, 7) is 3.43. The third kappa shape index (κ3) is 2.52. The Labute approximate surface area is 80.9 Å². The third-order valence-corrected chi connectivity index (χ3v) is 1.71. The van der Waals surface area contributed by atoms with Gasteiger partial charge in [0.1, 0.15) is 0 Å². The van der Waals surface area contributed by atoms with Crippen molar-refractivity contribution in [2.75, 3.05) is 5.32 Å². The molecule has 2 nitrogen and oxygen atoms in total. The molecular formula is C10H11F2NO. The third-order valence-electron chi connectivity index (χ3n) is 1.71. The van der Waals surface area contributed by atoms with E-state index >= 15 is 0 Å². The van der Waals surface area contributed by atoms with Crippen LogP contribution in [0.3, 0.4) is 0 Å². The van der Waals surface area contributed by atoms with Crippen LogP contribution in [0.15, 0.2) is 18.2 Å². The Morgan fingerprint density at radius 1 is 1.29 bits per heavy atom. The van der Waals surface area contributed by atoms with Crippen molar-refractivity contribution in [2.24, 2.45) is 5.92 Å². The van der Waals surface area contributed by atoms with Crippen LogP contribution in [0.25, 0.3) is 0 Å². The maximum absolute atomic E-state index is 12.7. The Balaban J connectivity index is 2.78. The minimum Gasteiger partial charge on any atom is -0.326 e. The first-order valence-corrected chi connectivity index (χ1v) is 4.26. The van der Waals surface area contributed by atoms with Crippen LogP contribution in [-0.2, 0) is 4.79 Å². The fourth-order valence-corrected chi connectivity index (χ4v) is 0.860. The summed E-state index contributed by atoms with van der Waals surface area (Å²) in [4.78, 5) is 11.2. The van der Waals surface area contributed by atoms with Crippen LogP contribution in [0.1, 0.15) is 13.8 Å². The average Bonchev–Trinajstić information content (AvgIpc) is 2.11. The van der Waals surface area contributed by atoms with E-state index in [1.807, 2.05) is 0 Å². The molecule has 0 aliphatic heterocycles. The maximum Gasteiger partial charge on any atom is 0.226 e. The Kier molecular flexibility index (Phi) is 3.17. The summed E-state index contributed by atoms with van der Waals surface area (Å²) in [6.07, 6.45) is 0. The van der Waals surface area contributed by atoms with E-state index in [0.29, 0.717) is 0 Å². The van der Waals surface area contributed by atoms with Gasteiger partial charge in [0, 0.05) is 17.7 Å². The van der Waals surface area contributed by atoms with Crippen molar-refractivity contribution in [3.05, 3.63) is 29.8 Å². The van der Waals surface area contributed by atoms with E-state index in [0.717, 1.165) is 12.1 Å². The number of carbonyl (C=O) groups is 1. The van der Waals surface area contributed by atoms with Crippen LogP contribution in [-0.4, -0.2) is 5.91 Å². The predicted octanol–water partition coefficient (Wildman–Crippen LogP) is 2.56. The molecule has 1 aromatic rings. The Hall–Kier alpha value is -1.45.